The highest BCUT2D eigenvalue weighted by Crippen LogP contribution is 2.33. The van der Waals surface area contributed by atoms with Crippen LogP contribution in [0, 0.1) is 0 Å². The van der Waals surface area contributed by atoms with Crippen molar-refractivity contribution in [2.75, 3.05) is 5.32 Å². The normalized spacial score (nSPS) is 10.8. The maximum Gasteiger partial charge on any atom is 0.269 e. The fourth-order valence-electron chi connectivity index (χ4n) is 2.06. The Kier molecular flexibility index (Phi) is 3.81. The minimum Gasteiger partial charge on any atom is -0.352 e. The average molecular weight is 340 g/mol. The lowest BCUT2D eigenvalue weighted by Crippen LogP contribution is -2.09. The number of hydrogen-bond acceptors (Lipinski definition) is 2. The largest absolute Gasteiger partial charge is 0.352 e. The van der Waals surface area contributed by atoms with Gasteiger partial charge in [0.15, 0.2) is 0 Å². The van der Waals surface area contributed by atoms with Gasteiger partial charge in [-0.1, -0.05) is 46.9 Å². The highest BCUT2D eigenvalue weighted by Gasteiger charge is 2.12. The lowest BCUT2D eigenvalue weighted by molar-refractivity contribution is 1.30. The number of pyridine rings is 1. The van der Waals surface area contributed by atoms with E-state index in [4.69, 9.17) is 34.8 Å². The van der Waals surface area contributed by atoms with Crippen molar-refractivity contribution in [3.05, 3.63) is 67.9 Å². The predicted octanol–water partition coefficient (Wildman–Crippen LogP) is 5.23. The summed E-state index contributed by atoms with van der Waals surface area (Å²) >= 11 is 18.3. The zero-order valence-corrected chi connectivity index (χ0v) is 12.9. The summed E-state index contributed by atoms with van der Waals surface area (Å²) in [5.74, 6) is 0. The van der Waals surface area contributed by atoms with Crippen molar-refractivity contribution in [1.29, 1.82) is 0 Å². The predicted molar refractivity (Wildman–Crippen MR) is 89.3 cm³/mol. The molecule has 0 fully saturated rings. The topological polar surface area (TPSA) is 44.9 Å². The van der Waals surface area contributed by atoms with Crippen LogP contribution in [-0.2, 0) is 0 Å². The van der Waals surface area contributed by atoms with Gasteiger partial charge in [0.1, 0.15) is 5.02 Å². The number of fused-ring (bicyclic) bond motifs is 1. The summed E-state index contributed by atoms with van der Waals surface area (Å²) in [5.41, 5.74) is 1.41. The lowest BCUT2D eigenvalue weighted by Gasteiger charge is -2.12. The van der Waals surface area contributed by atoms with Crippen molar-refractivity contribution in [3.8, 4) is 0 Å². The fourth-order valence-corrected chi connectivity index (χ4v) is 2.61. The Hall–Kier alpha value is -1.68. The summed E-state index contributed by atoms with van der Waals surface area (Å²) in [7, 11) is 0. The van der Waals surface area contributed by atoms with Gasteiger partial charge in [0, 0.05) is 10.4 Å². The number of aromatic amines is 1. The number of aromatic nitrogens is 1. The fraction of sp³-hybridized carbons (Fsp3) is 0. The number of rotatable bonds is 2. The Morgan fingerprint density at radius 1 is 1.00 bits per heavy atom. The minimum atomic E-state index is -0.374. The summed E-state index contributed by atoms with van der Waals surface area (Å²) in [4.78, 5) is 14.6. The van der Waals surface area contributed by atoms with Crippen LogP contribution in [0.4, 0.5) is 11.4 Å². The van der Waals surface area contributed by atoms with Gasteiger partial charge < -0.3 is 10.3 Å². The molecule has 0 spiro atoms. The molecule has 0 bridgehead atoms. The molecule has 2 aromatic carbocycles. The lowest BCUT2D eigenvalue weighted by atomic mass is 10.1. The van der Waals surface area contributed by atoms with Crippen molar-refractivity contribution in [2.24, 2.45) is 0 Å². The smallest absolute Gasteiger partial charge is 0.269 e. The van der Waals surface area contributed by atoms with Gasteiger partial charge in [0.2, 0.25) is 0 Å². The maximum atomic E-state index is 11.9. The van der Waals surface area contributed by atoms with Gasteiger partial charge in [-0.05, 0) is 30.3 Å². The molecule has 3 rings (SSSR count). The second-order valence-corrected chi connectivity index (χ2v) is 5.66. The zero-order chi connectivity index (χ0) is 15.0. The Morgan fingerprint density at radius 2 is 1.76 bits per heavy atom. The van der Waals surface area contributed by atoms with Crippen LogP contribution in [0.15, 0.2) is 47.3 Å². The van der Waals surface area contributed by atoms with E-state index in [1.165, 1.54) is 0 Å². The summed E-state index contributed by atoms with van der Waals surface area (Å²) in [6.45, 7) is 0. The number of H-pyrrole nitrogens is 1. The van der Waals surface area contributed by atoms with Gasteiger partial charge >= 0.3 is 0 Å². The van der Waals surface area contributed by atoms with Crippen LogP contribution in [0.1, 0.15) is 0 Å². The molecule has 0 aliphatic carbocycles. The third-order valence-electron chi connectivity index (χ3n) is 3.05. The molecule has 0 atom stereocenters. The molecule has 0 saturated carbocycles. The van der Waals surface area contributed by atoms with Gasteiger partial charge in [-0.15, -0.1) is 0 Å². The second-order valence-electron chi connectivity index (χ2n) is 4.44. The molecule has 0 aliphatic rings. The minimum absolute atomic E-state index is 0.0599. The van der Waals surface area contributed by atoms with Gasteiger partial charge in [0.25, 0.3) is 5.56 Å². The molecule has 1 aromatic heterocycles. The van der Waals surface area contributed by atoms with Crippen molar-refractivity contribution in [1.82, 2.24) is 4.98 Å². The molecule has 0 saturated heterocycles. The van der Waals surface area contributed by atoms with E-state index in [0.717, 1.165) is 0 Å². The Labute approximate surface area is 135 Å². The highest BCUT2D eigenvalue weighted by molar-refractivity contribution is 6.36. The molecule has 2 N–H and O–H groups in total. The third-order valence-corrected chi connectivity index (χ3v) is 3.98. The van der Waals surface area contributed by atoms with E-state index < -0.39 is 0 Å². The van der Waals surface area contributed by atoms with Crippen LogP contribution in [-0.4, -0.2) is 4.98 Å². The number of anilines is 2. The van der Waals surface area contributed by atoms with Gasteiger partial charge in [-0.3, -0.25) is 4.79 Å². The van der Waals surface area contributed by atoms with Crippen LogP contribution in [0.2, 0.25) is 15.1 Å². The number of benzene rings is 2. The zero-order valence-electron chi connectivity index (χ0n) is 10.6. The molecule has 3 nitrogen and oxygen atoms in total. The van der Waals surface area contributed by atoms with E-state index in [-0.39, 0.29) is 10.6 Å². The van der Waals surface area contributed by atoms with Crippen LogP contribution in [0.25, 0.3) is 10.9 Å². The molecule has 106 valence electrons. The quantitative estimate of drug-likeness (QED) is 0.671. The van der Waals surface area contributed by atoms with E-state index >= 15 is 0 Å². The SMILES string of the molecule is O=c1[nH]c2ccc(Cl)cc2c(Nc2ccccc2Cl)c1Cl. The van der Waals surface area contributed by atoms with Crippen LogP contribution in [0.3, 0.4) is 0 Å². The Bertz CT molecular complexity index is 890. The maximum absolute atomic E-state index is 11.9. The molecule has 1 heterocycles. The van der Waals surface area contributed by atoms with Crippen molar-refractivity contribution in [2.45, 2.75) is 0 Å². The van der Waals surface area contributed by atoms with Crippen LogP contribution in [0.5, 0.6) is 0 Å². The molecule has 0 aliphatic heterocycles. The second kappa shape index (κ2) is 5.60. The highest BCUT2D eigenvalue weighted by atomic mass is 35.5. The van der Waals surface area contributed by atoms with E-state index in [1.54, 1.807) is 30.3 Å². The first-order valence-corrected chi connectivity index (χ1v) is 7.22. The number of nitrogens with one attached hydrogen (secondary N) is 2. The number of para-hydroxylation sites is 1. The third kappa shape index (κ3) is 2.72. The van der Waals surface area contributed by atoms with Crippen molar-refractivity contribution in [3.63, 3.8) is 0 Å². The number of halogens is 3. The van der Waals surface area contributed by atoms with Crippen molar-refractivity contribution < 1.29 is 0 Å². The molecule has 0 unspecified atom stereocenters. The average Bonchev–Trinajstić information content (AvgIpc) is 2.46. The van der Waals surface area contributed by atoms with Crippen molar-refractivity contribution >= 4 is 57.1 Å². The van der Waals surface area contributed by atoms with Gasteiger partial charge in [-0.25, -0.2) is 0 Å². The summed E-state index contributed by atoms with van der Waals surface area (Å²) < 4.78 is 0. The van der Waals surface area contributed by atoms with Crippen LogP contribution < -0.4 is 10.9 Å². The standard InChI is InChI=1S/C15H9Cl3N2O/c16-8-5-6-11-9(7-8)14(13(18)15(21)20-11)19-12-4-2-1-3-10(12)17/h1-7H,(H2,19,20,21). The molecule has 3 aromatic rings. The Morgan fingerprint density at radius 3 is 2.52 bits per heavy atom. The molecular formula is C15H9Cl3N2O. The Balaban J connectivity index is 2.25. The summed E-state index contributed by atoms with van der Waals surface area (Å²) in [6.07, 6.45) is 0. The molecule has 0 amide bonds. The summed E-state index contributed by atoms with van der Waals surface area (Å²) in [5, 5.41) is 4.96. The first-order chi connectivity index (χ1) is 10.1. The first-order valence-electron chi connectivity index (χ1n) is 6.09. The molecule has 21 heavy (non-hydrogen) atoms. The van der Waals surface area contributed by atoms with E-state index in [0.29, 0.717) is 32.3 Å². The molecular weight excluding hydrogens is 331 g/mol. The first kappa shape index (κ1) is 14.3. The van der Waals surface area contributed by atoms with Gasteiger partial charge in [-0.2, -0.15) is 0 Å². The van der Waals surface area contributed by atoms with E-state index in [1.807, 2.05) is 12.1 Å². The monoisotopic (exact) mass is 338 g/mol. The summed E-state index contributed by atoms with van der Waals surface area (Å²) in [6, 6.07) is 12.4. The van der Waals surface area contributed by atoms with Crippen LogP contribution >= 0.6 is 34.8 Å². The van der Waals surface area contributed by atoms with E-state index in [9.17, 15) is 4.79 Å². The number of hydrogen-bond donors (Lipinski definition) is 2. The van der Waals surface area contributed by atoms with E-state index in [2.05, 4.69) is 10.3 Å². The molecule has 0 radical (unpaired) electrons. The molecule has 6 heteroatoms. The van der Waals surface area contributed by atoms with Gasteiger partial charge in [0.05, 0.1) is 21.9 Å².